The summed E-state index contributed by atoms with van der Waals surface area (Å²) in [5.41, 5.74) is 4.12. The van der Waals surface area contributed by atoms with Crippen molar-refractivity contribution in [2.24, 2.45) is 0 Å². The van der Waals surface area contributed by atoms with Crippen LogP contribution in [0.2, 0.25) is 0 Å². The number of phenols is 1. The monoisotopic (exact) mass is 718 g/mol. The molecule has 4 rings (SSSR count). The van der Waals surface area contributed by atoms with Crippen LogP contribution in [0.15, 0.2) is 54.6 Å². The third kappa shape index (κ3) is 6.80. The van der Waals surface area contributed by atoms with Crippen LogP contribution in [0.1, 0.15) is 54.5 Å². The lowest BCUT2D eigenvalue weighted by Gasteiger charge is -2.30. The van der Waals surface area contributed by atoms with Gasteiger partial charge in [0.1, 0.15) is 11.5 Å². The normalized spacial score (nSPS) is 20.2. The molecule has 1 N–H and O–H groups in total. The Morgan fingerprint density at radius 1 is 1.11 bits per heavy atom. The second-order valence-electron chi connectivity index (χ2n) is 9.08. The Bertz CT molecular complexity index is 1240. The van der Waals surface area contributed by atoms with Crippen molar-refractivity contribution in [1.82, 2.24) is 0 Å². The van der Waals surface area contributed by atoms with E-state index < -0.39 is 7.60 Å². The van der Waals surface area contributed by atoms with Gasteiger partial charge in [0.05, 0.1) is 26.0 Å². The van der Waals surface area contributed by atoms with Gasteiger partial charge in [0.2, 0.25) is 0 Å². The second kappa shape index (κ2) is 11.5. The van der Waals surface area contributed by atoms with E-state index in [9.17, 15) is 9.67 Å². The van der Waals surface area contributed by atoms with Gasteiger partial charge >= 0.3 is 7.60 Å². The van der Waals surface area contributed by atoms with Gasteiger partial charge in [-0.25, -0.2) is 0 Å². The highest BCUT2D eigenvalue weighted by atomic mass is 127. The van der Waals surface area contributed by atoms with Gasteiger partial charge in [-0.1, -0.05) is 43.7 Å². The number of rotatable bonds is 7. The molecule has 0 aliphatic carbocycles. The van der Waals surface area contributed by atoms with Crippen LogP contribution in [-0.4, -0.2) is 17.9 Å². The van der Waals surface area contributed by atoms with Crippen molar-refractivity contribution >= 4 is 52.8 Å². The minimum Gasteiger partial charge on any atom is -0.508 e. The van der Waals surface area contributed by atoms with E-state index in [1.807, 2.05) is 45.0 Å². The molecule has 0 saturated carbocycles. The topological polar surface area (TPSA) is 65.0 Å². The molecule has 1 aliphatic rings. The Morgan fingerprint density at radius 2 is 1.86 bits per heavy atom. The second-order valence-corrected chi connectivity index (χ2v) is 13.5. The molecule has 0 unspecified atom stereocenters. The van der Waals surface area contributed by atoms with Crippen molar-refractivity contribution in [2.45, 2.75) is 45.6 Å². The molecule has 3 aromatic rings. The Hall–Kier alpha value is -1.13. The van der Waals surface area contributed by atoms with Crippen LogP contribution in [0.25, 0.3) is 0 Å². The smallest absolute Gasteiger partial charge is 0.331 e. The average Bonchev–Trinajstić information content (AvgIpc) is 2.81. The maximum absolute atomic E-state index is 13.4. The number of aromatic hydroxyl groups is 1. The third-order valence-corrected chi connectivity index (χ3v) is 9.47. The van der Waals surface area contributed by atoms with Gasteiger partial charge < -0.3 is 18.9 Å². The quantitative estimate of drug-likeness (QED) is 0.196. The van der Waals surface area contributed by atoms with E-state index in [-0.39, 0.29) is 17.8 Å². The molecule has 0 bridgehead atoms. The summed E-state index contributed by atoms with van der Waals surface area (Å²) < 4.78 is 33.2. The first-order chi connectivity index (χ1) is 16.6. The molecule has 0 spiro atoms. The zero-order chi connectivity index (χ0) is 25.2. The molecule has 0 aromatic heterocycles. The van der Waals surface area contributed by atoms with Gasteiger partial charge in [-0.3, -0.25) is 4.57 Å². The molecular formula is C27H29I2O5P. The maximum atomic E-state index is 13.4. The molecular weight excluding hydrogens is 689 g/mol. The zero-order valence-electron chi connectivity index (χ0n) is 20.0. The zero-order valence-corrected chi connectivity index (χ0v) is 25.2. The third-order valence-electron chi connectivity index (χ3n) is 5.94. The van der Waals surface area contributed by atoms with Gasteiger partial charge in [0.15, 0.2) is 5.75 Å². The molecule has 3 aromatic carbocycles. The first-order valence-electron chi connectivity index (χ1n) is 11.6. The van der Waals surface area contributed by atoms with Crippen LogP contribution in [0, 0.1) is 14.1 Å². The fourth-order valence-corrected chi connectivity index (χ4v) is 8.03. The lowest BCUT2D eigenvalue weighted by atomic mass is 10.0. The highest BCUT2D eigenvalue weighted by Crippen LogP contribution is 2.56. The first-order valence-corrected chi connectivity index (χ1v) is 15.5. The van der Waals surface area contributed by atoms with Crippen LogP contribution in [0.4, 0.5) is 0 Å². The predicted molar refractivity (Wildman–Crippen MR) is 156 cm³/mol. The summed E-state index contributed by atoms with van der Waals surface area (Å²) in [6, 6.07) is 17.6. The molecule has 2 atom stereocenters. The molecule has 5 nitrogen and oxygen atoms in total. The number of benzene rings is 3. The number of hydrogen-bond acceptors (Lipinski definition) is 5. The summed E-state index contributed by atoms with van der Waals surface area (Å²) in [6.07, 6.45) is 1.41. The van der Waals surface area contributed by atoms with Crippen LogP contribution in [0.5, 0.6) is 17.2 Å². The van der Waals surface area contributed by atoms with E-state index in [0.717, 1.165) is 35.1 Å². The predicted octanol–water partition coefficient (Wildman–Crippen LogP) is 8.74. The lowest BCUT2D eigenvalue weighted by molar-refractivity contribution is 0.0814. The van der Waals surface area contributed by atoms with Crippen LogP contribution >= 0.6 is 52.8 Å². The van der Waals surface area contributed by atoms with Crippen molar-refractivity contribution in [3.8, 4) is 17.2 Å². The molecule has 1 saturated heterocycles. The minimum atomic E-state index is -3.19. The van der Waals surface area contributed by atoms with Crippen molar-refractivity contribution in [3.05, 3.63) is 84.0 Å². The van der Waals surface area contributed by atoms with Crippen molar-refractivity contribution < 1.29 is 23.5 Å². The van der Waals surface area contributed by atoms with Crippen molar-refractivity contribution in [3.63, 3.8) is 0 Å². The fraction of sp³-hybridized carbons (Fsp3) is 0.333. The van der Waals surface area contributed by atoms with Crippen LogP contribution in [0.3, 0.4) is 0 Å². The standard InChI is InChI=1S/C27H29I2O5P/c1-17(2)22-16-21(7-8-25(22)30)33-27-23(28)14-19(15-24(27)29)10-12-35(31)32-11-9-26(34-35)20-6-4-5-18(3)13-20/h4-8,13-17,26,30H,9-12H2,1-3H3/t26-,35+/m0/s1. The minimum absolute atomic E-state index is 0.191. The average molecular weight is 718 g/mol. The molecule has 1 aliphatic heterocycles. The lowest BCUT2D eigenvalue weighted by Crippen LogP contribution is -2.16. The molecule has 1 fully saturated rings. The molecule has 0 amide bonds. The highest BCUT2D eigenvalue weighted by molar-refractivity contribution is 14.1. The van der Waals surface area contributed by atoms with E-state index in [1.54, 1.807) is 12.1 Å². The highest BCUT2D eigenvalue weighted by Gasteiger charge is 2.34. The maximum Gasteiger partial charge on any atom is 0.331 e. The number of ether oxygens (including phenoxy) is 1. The summed E-state index contributed by atoms with van der Waals surface area (Å²) in [7, 11) is -3.19. The van der Waals surface area contributed by atoms with Crippen LogP contribution < -0.4 is 4.74 Å². The van der Waals surface area contributed by atoms with Crippen molar-refractivity contribution in [2.75, 3.05) is 12.8 Å². The molecule has 1 heterocycles. The van der Waals surface area contributed by atoms with Gasteiger partial charge in [-0.2, -0.15) is 0 Å². The van der Waals surface area contributed by atoms with E-state index in [4.69, 9.17) is 13.8 Å². The van der Waals surface area contributed by atoms with Gasteiger partial charge in [0.25, 0.3) is 0 Å². The van der Waals surface area contributed by atoms with E-state index in [2.05, 4.69) is 63.4 Å². The van der Waals surface area contributed by atoms with Gasteiger partial charge in [0, 0.05) is 12.0 Å². The Balaban J connectivity index is 1.45. The number of aryl methyl sites for hydroxylation is 2. The first kappa shape index (κ1) is 26.9. The number of halogens is 2. The SMILES string of the molecule is Cc1cccc([C@@H]2CCO[P@](=O)(CCc3cc(I)c(Oc4ccc(O)c(C(C)C)c4)c(I)c3)O2)c1. The summed E-state index contributed by atoms with van der Waals surface area (Å²) in [5, 5.41) is 10.1. The Labute approximate surface area is 234 Å². The Morgan fingerprint density at radius 3 is 2.54 bits per heavy atom. The molecule has 186 valence electrons. The summed E-state index contributed by atoms with van der Waals surface area (Å²) in [5.74, 6) is 1.92. The summed E-state index contributed by atoms with van der Waals surface area (Å²) in [6.45, 7) is 6.55. The fourth-order valence-electron chi connectivity index (χ4n) is 4.09. The summed E-state index contributed by atoms with van der Waals surface area (Å²) >= 11 is 4.54. The largest absolute Gasteiger partial charge is 0.508 e. The molecule has 0 radical (unpaired) electrons. The summed E-state index contributed by atoms with van der Waals surface area (Å²) in [4.78, 5) is 0. The number of phenolic OH excluding ortho intramolecular Hbond substituents is 1. The van der Waals surface area contributed by atoms with Crippen molar-refractivity contribution in [1.29, 1.82) is 0 Å². The number of hydrogen-bond donors (Lipinski definition) is 1. The molecule has 8 heteroatoms. The van der Waals surface area contributed by atoms with E-state index in [1.165, 1.54) is 0 Å². The molecule has 35 heavy (non-hydrogen) atoms. The van der Waals surface area contributed by atoms with Gasteiger partial charge in [-0.15, -0.1) is 0 Å². The van der Waals surface area contributed by atoms with E-state index >= 15 is 0 Å². The van der Waals surface area contributed by atoms with Gasteiger partial charge in [-0.05, 0) is 106 Å². The van der Waals surface area contributed by atoms with E-state index in [0.29, 0.717) is 31.4 Å². The van der Waals surface area contributed by atoms with Crippen LogP contribution in [-0.2, 0) is 20.0 Å². The Kier molecular flexibility index (Phi) is 8.85.